The molecule has 0 aliphatic heterocycles. The van der Waals surface area contributed by atoms with Gasteiger partial charge in [0.2, 0.25) is 0 Å². The second-order valence-corrected chi connectivity index (χ2v) is 5.32. The molecule has 0 spiro atoms. The molecule has 1 N–H and O–H groups in total. The van der Waals surface area contributed by atoms with E-state index in [1.54, 1.807) is 11.3 Å². The van der Waals surface area contributed by atoms with Crippen LogP contribution in [0.1, 0.15) is 34.8 Å². The summed E-state index contributed by atoms with van der Waals surface area (Å²) in [6.07, 6.45) is 5.41. The second kappa shape index (κ2) is 6.35. The highest BCUT2D eigenvalue weighted by atomic mass is 32.1. The van der Waals surface area contributed by atoms with Gasteiger partial charge in [0.15, 0.2) is 0 Å². The summed E-state index contributed by atoms with van der Waals surface area (Å²) in [6, 6.07) is 0. The number of carboxylic acids is 1. The standard InChI is InChI=1S/C13H17NO2S/c1-9(5-4-6-13(15)16)7-8-12-10(2)17-11(3)14-12/h7-8H,1,4-6H2,2-3H3,(H,15,16)/b8-7-. The molecular weight excluding hydrogens is 234 g/mol. The number of carboxylic acid groups (broad SMARTS) is 1. The summed E-state index contributed by atoms with van der Waals surface area (Å²) < 4.78 is 0. The fourth-order valence-electron chi connectivity index (χ4n) is 1.45. The Morgan fingerprint density at radius 2 is 2.18 bits per heavy atom. The highest BCUT2D eigenvalue weighted by Crippen LogP contribution is 2.18. The molecule has 0 aliphatic carbocycles. The van der Waals surface area contributed by atoms with Gasteiger partial charge in [-0.05, 0) is 32.8 Å². The molecular formula is C13H17NO2S. The lowest BCUT2D eigenvalue weighted by Gasteiger charge is -1.97. The third-order valence-electron chi connectivity index (χ3n) is 2.30. The molecule has 0 unspecified atom stereocenters. The monoisotopic (exact) mass is 251 g/mol. The molecule has 0 aromatic carbocycles. The van der Waals surface area contributed by atoms with E-state index in [2.05, 4.69) is 11.6 Å². The molecule has 1 rings (SSSR count). The average Bonchev–Trinajstić information content (AvgIpc) is 2.54. The molecule has 92 valence electrons. The van der Waals surface area contributed by atoms with E-state index in [0.717, 1.165) is 16.3 Å². The van der Waals surface area contributed by atoms with E-state index in [4.69, 9.17) is 5.11 Å². The van der Waals surface area contributed by atoms with Crippen LogP contribution in [-0.4, -0.2) is 16.1 Å². The molecule has 0 atom stereocenters. The Hall–Kier alpha value is -1.42. The normalized spacial score (nSPS) is 10.9. The molecule has 0 amide bonds. The Morgan fingerprint density at radius 3 is 2.71 bits per heavy atom. The number of allylic oxidation sites excluding steroid dienone is 2. The number of thiazole rings is 1. The van der Waals surface area contributed by atoms with E-state index >= 15 is 0 Å². The van der Waals surface area contributed by atoms with Gasteiger partial charge in [-0.25, -0.2) is 4.98 Å². The third-order valence-corrected chi connectivity index (χ3v) is 3.21. The van der Waals surface area contributed by atoms with Crippen LogP contribution >= 0.6 is 11.3 Å². The van der Waals surface area contributed by atoms with Crippen LogP contribution < -0.4 is 0 Å². The van der Waals surface area contributed by atoms with Gasteiger partial charge in [-0.3, -0.25) is 4.79 Å². The zero-order valence-electron chi connectivity index (χ0n) is 10.2. The highest BCUT2D eigenvalue weighted by molar-refractivity contribution is 7.11. The van der Waals surface area contributed by atoms with Crippen LogP contribution in [0.25, 0.3) is 6.08 Å². The summed E-state index contributed by atoms with van der Waals surface area (Å²) in [6.45, 7) is 7.92. The van der Waals surface area contributed by atoms with Gasteiger partial charge < -0.3 is 5.11 Å². The van der Waals surface area contributed by atoms with E-state index in [-0.39, 0.29) is 6.42 Å². The van der Waals surface area contributed by atoms with Gasteiger partial charge in [-0.1, -0.05) is 18.2 Å². The second-order valence-electron chi connectivity index (χ2n) is 3.91. The zero-order chi connectivity index (χ0) is 12.8. The molecule has 0 saturated carbocycles. The first-order valence-corrected chi connectivity index (χ1v) is 6.32. The predicted octanol–water partition coefficient (Wildman–Crippen LogP) is 3.58. The maximum atomic E-state index is 10.4. The first-order chi connectivity index (χ1) is 7.99. The first kappa shape index (κ1) is 13.6. The topological polar surface area (TPSA) is 50.2 Å². The lowest BCUT2D eigenvalue weighted by atomic mass is 10.1. The Labute approximate surface area is 106 Å². The van der Waals surface area contributed by atoms with Crippen LogP contribution in [0, 0.1) is 13.8 Å². The van der Waals surface area contributed by atoms with Gasteiger partial charge in [-0.2, -0.15) is 0 Å². The molecule has 1 aromatic rings. The van der Waals surface area contributed by atoms with Crippen LogP contribution in [0.4, 0.5) is 0 Å². The van der Waals surface area contributed by atoms with E-state index in [0.29, 0.717) is 12.8 Å². The van der Waals surface area contributed by atoms with Crippen LogP contribution in [0.2, 0.25) is 0 Å². The molecule has 1 heterocycles. The number of carbonyl (C=O) groups is 1. The summed E-state index contributed by atoms with van der Waals surface area (Å²) in [7, 11) is 0. The molecule has 3 nitrogen and oxygen atoms in total. The maximum absolute atomic E-state index is 10.4. The average molecular weight is 251 g/mol. The van der Waals surface area contributed by atoms with Crippen molar-refractivity contribution in [3.8, 4) is 0 Å². The number of hydrogen-bond acceptors (Lipinski definition) is 3. The first-order valence-electron chi connectivity index (χ1n) is 5.50. The fourth-order valence-corrected chi connectivity index (χ4v) is 2.25. The lowest BCUT2D eigenvalue weighted by Crippen LogP contribution is -1.93. The van der Waals surface area contributed by atoms with E-state index in [9.17, 15) is 4.79 Å². The van der Waals surface area contributed by atoms with Crippen molar-refractivity contribution in [1.29, 1.82) is 0 Å². The molecule has 0 radical (unpaired) electrons. The number of aromatic nitrogens is 1. The molecule has 0 saturated heterocycles. The fraction of sp³-hybridized carbons (Fsp3) is 0.385. The lowest BCUT2D eigenvalue weighted by molar-refractivity contribution is -0.137. The number of aliphatic carboxylic acids is 1. The van der Waals surface area contributed by atoms with Crippen molar-refractivity contribution in [2.24, 2.45) is 0 Å². The Bertz CT molecular complexity index is 446. The van der Waals surface area contributed by atoms with Crippen LogP contribution in [0.5, 0.6) is 0 Å². The van der Waals surface area contributed by atoms with E-state index in [1.807, 2.05) is 26.0 Å². The number of rotatable bonds is 6. The molecule has 17 heavy (non-hydrogen) atoms. The van der Waals surface area contributed by atoms with Gasteiger partial charge in [0.25, 0.3) is 0 Å². The highest BCUT2D eigenvalue weighted by Gasteiger charge is 2.01. The summed E-state index contributed by atoms with van der Waals surface area (Å²) in [5, 5.41) is 9.57. The summed E-state index contributed by atoms with van der Waals surface area (Å²) in [4.78, 5) is 15.9. The van der Waals surface area contributed by atoms with Gasteiger partial charge in [0.05, 0.1) is 10.7 Å². The van der Waals surface area contributed by atoms with Crippen molar-refractivity contribution in [3.05, 3.63) is 33.8 Å². The van der Waals surface area contributed by atoms with Gasteiger partial charge in [0, 0.05) is 11.3 Å². The number of aryl methyl sites for hydroxylation is 2. The van der Waals surface area contributed by atoms with Gasteiger partial charge in [-0.15, -0.1) is 11.3 Å². The predicted molar refractivity (Wildman–Crippen MR) is 71.2 cm³/mol. The Balaban J connectivity index is 2.45. The Kier molecular flexibility index (Phi) is 5.10. The van der Waals surface area contributed by atoms with Crippen molar-refractivity contribution < 1.29 is 9.90 Å². The SMILES string of the molecule is C=C(/C=C\c1nc(C)sc1C)CCCC(=O)O. The van der Waals surface area contributed by atoms with E-state index < -0.39 is 5.97 Å². The summed E-state index contributed by atoms with van der Waals surface area (Å²) >= 11 is 1.67. The van der Waals surface area contributed by atoms with Crippen LogP contribution in [-0.2, 0) is 4.79 Å². The van der Waals surface area contributed by atoms with Gasteiger partial charge in [0.1, 0.15) is 0 Å². The summed E-state index contributed by atoms with van der Waals surface area (Å²) in [5.74, 6) is -0.757. The van der Waals surface area contributed by atoms with Crippen LogP contribution in [0.15, 0.2) is 18.2 Å². The largest absolute Gasteiger partial charge is 0.481 e. The van der Waals surface area contributed by atoms with E-state index in [1.165, 1.54) is 4.88 Å². The quantitative estimate of drug-likeness (QED) is 0.786. The third kappa shape index (κ3) is 4.95. The maximum Gasteiger partial charge on any atom is 0.303 e. The minimum atomic E-state index is -0.757. The molecule has 4 heteroatoms. The van der Waals surface area contributed by atoms with Crippen molar-refractivity contribution >= 4 is 23.4 Å². The van der Waals surface area contributed by atoms with Crippen molar-refractivity contribution in [1.82, 2.24) is 4.98 Å². The minimum absolute atomic E-state index is 0.196. The molecule has 0 fully saturated rings. The van der Waals surface area contributed by atoms with Gasteiger partial charge >= 0.3 is 5.97 Å². The summed E-state index contributed by atoms with van der Waals surface area (Å²) in [5.41, 5.74) is 1.92. The molecule has 0 aliphatic rings. The van der Waals surface area contributed by atoms with Crippen molar-refractivity contribution in [3.63, 3.8) is 0 Å². The van der Waals surface area contributed by atoms with Crippen LogP contribution in [0.3, 0.4) is 0 Å². The smallest absolute Gasteiger partial charge is 0.303 e. The number of nitrogens with zero attached hydrogens (tertiary/aromatic N) is 1. The van der Waals surface area contributed by atoms with Crippen molar-refractivity contribution in [2.45, 2.75) is 33.1 Å². The van der Waals surface area contributed by atoms with Crippen molar-refractivity contribution in [2.75, 3.05) is 0 Å². The zero-order valence-corrected chi connectivity index (χ0v) is 11.0. The number of hydrogen-bond donors (Lipinski definition) is 1. The molecule has 0 bridgehead atoms. The molecule has 1 aromatic heterocycles. The Morgan fingerprint density at radius 1 is 1.47 bits per heavy atom. The minimum Gasteiger partial charge on any atom is -0.481 e.